The Bertz CT molecular complexity index is 1020. The lowest BCUT2D eigenvalue weighted by molar-refractivity contribution is -0.116. The Kier molecular flexibility index (Phi) is 5.58. The number of nitrogens with zero attached hydrogens (tertiary/aromatic N) is 1. The summed E-state index contributed by atoms with van der Waals surface area (Å²) in [6.07, 6.45) is 0. The fraction of sp³-hybridized carbons (Fsp3) is 0.167. The van der Waals surface area contributed by atoms with Crippen LogP contribution in [-0.4, -0.2) is 22.5 Å². The van der Waals surface area contributed by atoms with Crippen molar-refractivity contribution in [2.75, 3.05) is 11.9 Å². The second-order valence-electron chi connectivity index (χ2n) is 7.22. The summed E-state index contributed by atoms with van der Waals surface area (Å²) in [6.45, 7) is 2.86. The topological polar surface area (TPSA) is 44.4 Å². The van der Waals surface area contributed by atoms with Crippen molar-refractivity contribution in [1.29, 1.82) is 0 Å². The molecule has 0 bridgehead atoms. The summed E-state index contributed by atoms with van der Waals surface area (Å²) in [6, 6.07) is 26.3. The third-order valence-electron chi connectivity index (χ3n) is 5.06. The number of carbonyl (C=O) groups is 1. The summed E-state index contributed by atoms with van der Waals surface area (Å²) in [4.78, 5) is 14.6. The van der Waals surface area contributed by atoms with Gasteiger partial charge < -0.3 is 15.5 Å². The smallest absolute Gasteiger partial charge is 0.244 e. The first kappa shape index (κ1) is 19.2. The molecule has 1 amide bonds. The van der Waals surface area contributed by atoms with Crippen molar-refractivity contribution in [2.45, 2.75) is 19.5 Å². The van der Waals surface area contributed by atoms with Gasteiger partial charge in [0, 0.05) is 17.8 Å². The van der Waals surface area contributed by atoms with Gasteiger partial charge in [-0.15, -0.1) is 0 Å². The molecule has 146 valence electrons. The molecule has 1 aliphatic heterocycles. The van der Waals surface area contributed by atoms with Crippen molar-refractivity contribution >= 4 is 28.9 Å². The summed E-state index contributed by atoms with van der Waals surface area (Å²) in [7, 11) is 0. The Morgan fingerprint density at radius 3 is 2.48 bits per heavy atom. The maximum absolute atomic E-state index is 12.7. The lowest BCUT2D eigenvalue weighted by atomic mass is 9.95. The summed E-state index contributed by atoms with van der Waals surface area (Å²) >= 11 is 5.76. The van der Waals surface area contributed by atoms with Crippen LogP contribution >= 0.6 is 12.2 Å². The van der Waals surface area contributed by atoms with Crippen molar-refractivity contribution in [3.05, 3.63) is 101 Å². The highest BCUT2D eigenvalue weighted by Crippen LogP contribution is 2.36. The van der Waals surface area contributed by atoms with Gasteiger partial charge in [-0.3, -0.25) is 4.79 Å². The normalized spacial score (nSPS) is 15.8. The van der Waals surface area contributed by atoms with Crippen LogP contribution < -0.4 is 10.6 Å². The second kappa shape index (κ2) is 8.45. The van der Waals surface area contributed by atoms with Gasteiger partial charge in [-0.05, 0) is 36.3 Å². The van der Waals surface area contributed by atoms with E-state index in [1.165, 1.54) is 0 Å². The molecule has 0 aromatic heterocycles. The molecule has 4 nitrogen and oxygen atoms in total. The molecular weight excluding hydrogens is 378 g/mol. The van der Waals surface area contributed by atoms with Gasteiger partial charge in [0.05, 0.1) is 6.04 Å². The molecule has 29 heavy (non-hydrogen) atoms. The number of fused-ring (bicyclic) bond motifs is 1. The third kappa shape index (κ3) is 4.30. The van der Waals surface area contributed by atoms with Gasteiger partial charge >= 0.3 is 0 Å². The van der Waals surface area contributed by atoms with Crippen LogP contribution in [0.1, 0.15) is 28.3 Å². The Hall–Kier alpha value is -3.18. The van der Waals surface area contributed by atoms with Crippen molar-refractivity contribution in [3.63, 3.8) is 0 Å². The highest BCUT2D eigenvalue weighted by atomic mass is 32.1. The van der Waals surface area contributed by atoms with Gasteiger partial charge in [0.25, 0.3) is 0 Å². The zero-order valence-corrected chi connectivity index (χ0v) is 17.1. The number of amides is 1. The van der Waals surface area contributed by atoms with Crippen LogP contribution in [0, 0.1) is 6.92 Å². The van der Waals surface area contributed by atoms with Gasteiger partial charge in [-0.1, -0.05) is 78.4 Å². The highest BCUT2D eigenvalue weighted by Gasteiger charge is 2.31. The lowest BCUT2D eigenvalue weighted by Gasteiger charge is -2.33. The van der Waals surface area contributed by atoms with E-state index in [0.29, 0.717) is 11.7 Å². The van der Waals surface area contributed by atoms with E-state index in [1.54, 1.807) is 0 Å². The zero-order valence-electron chi connectivity index (χ0n) is 16.3. The molecule has 4 rings (SSSR count). The van der Waals surface area contributed by atoms with Crippen molar-refractivity contribution in [3.8, 4) is 0 Å². The number of hydrogen-bond donors (Lipinski definition) is 2. The van der Waals surface area contributed by atoms with Gasteiger partial charge in [-0.25, -0.2) is 0 Å². The first-order valence-corrected chi connectivity index (χ1v) is 10.1. The van der Waals surface area contributed by atoms with Crippen LogP contribution in [0.3, 0.4) is 0 Å². The largest absolute Gasteiger partial charge is 0.358 e. The molecule has 0 radical (unpaired) electrons. The van der Waals surface area contributed by atoms with E-state index in [1.807, 2.05) is 53.4 Å². The Morgan fingerprint density at radius 1 is 1.07 bits per heavy atom. The minimum absolute atomic E-state index is 0.0719. The third-order valence-corrected chi connectivity index (χ3v) is 5.44. The predicted octanol–water partition coefficient (Wildman–Crippen LogP) is 4.41. The number of anilines is 1. The molecule has 1 atom stereocenters. The van der Waals surface area contributed by atoms with Crippen LogP contribution in [0.25, 0.3) is 0 Å². The maximum atomic E-state index is 12.7. The van der Waals surface area contributed by atoms with E-state index in [9.17, 15) is 4.79 Å². The molecule has 5 heteroatoms. The van der Waals surface area contributed by atoms with Gasteiger partial charge in [-0.2, -0.15) is 0 Å². The van der Waals surface area contributed by atoms with Crippen molar-refractivity contribution in [2.24, 2.45) is 0 Å². The summed E-state index contributed by atoms with van der Waals surface area (Å²) < 4.78 is 0. The average molecular weight is 402 g/mol. The lowest BCUT2D eigenvalue weighted by Crippen LogP contribution is -2.44. The molecule has 1 aliphatic rings. The van der Waals surface area contributed by atoms with Crippen LogP contribution in [0.5, 0.6) is 0 Å². The number of carbonyl (C=O) groups excluding carboxylic acids is 1. The molecule has 3 aromatic rings. The SMILES string of the molecule is Cc1ccc2c(c1)C(c1ccccc1)N(C(=S)NCc1ccccc1)CC(=O)N2. The minimum Gasteiger partial charge on any atom is -0.358 e. The standard InChI is InChI=1S/C24H23N3OS/c1-17-12-13-21-20(14-17)23(19-10-6-3-7-11-19)27(16-22(28)26-21)24(29)25-15-18-8-4-2-5-9-18/h2-14,23H,15-16H2,1H3,(H,25,29)(H,26,28). The van der Waals surface area contributed by atoms with Crippen LogP contribution in [0.15, 0.2) is 78.9 Å². The number of benzene rings is 3. The van der Waals surface area contributed by atoms with Crippen molar-refractivity contribution in [1.82, 2.24) is 10.2 Å². The quantitative estimate of drug-likeness (QED) is 0.638. The highest BCUT2D eigenvalue weighted by molar-refractivity contribution is 7.80. The molecule has 0 fully saturated rings. The summed E-state index contributed by atoms with van der Waals surface area (Å²) in [5.41, 5.74) is 5.26. The predicted molar refractivity (Wildman–Crippen MR) is 121 cm³/mol. The monoisotopic (exact) mass is 401 g/mol. The van der Waals surface area contributed by atoms with Crippen LogP contribution in [-0.2, 0) is 11.3 Å². The van der Waals surface area contributed by atoms with E-state index >= 15 is 0 Å². The molecule has 0 spiro atoms. The fourth-order valence-electron chi connectivity index (χ4n) is 3.68. The molecule has 0 saturated carbocycles. The molecule has 0 aliphatic carbocycles. The Balaban J connectivity index is 1.71. The molecule has 3 aromatic carbocycles. The fourth-order valence-corrected chi connectivity index (χ4v) is 3.93. The van der Waals surface area contributed by atoms with E-state index in [2.05, 4.69) is 47.9 Å². The average Bonchev–Trinajstić information content (AvgIpc) is 2.89. The Morgan fingerprint density at radius 2 is 1.76 bits per heavy atom. The molecule has 1 unspecified atom stereocenters. The Labute approximate surface area is 176 Å². The van der Waals surface area contributed by atoms with Gasteiger partial charge in [0.15, 0.2) is 5.11 Å². The van der Waals surface area contributed by atoms with Crippen LogP contribution in [0.4, 0.5) is 5.69 Å². The number of thiocarbonyl (C=S) groups is 1. The number of nitrogens with one attached hydrogen (secondary N) is 2. The summed E-state index contributed by atoms with van der Waals surface area (Å²) in [5.74, 6) is -0.0719. The van der Waals surface area contributed by atoms with E-state index in [0.717, 1.165) is 27.9 Å². The maximum Gasteiger partial charge on any atom is 0.244 e. The molecular formula is C24H23N3OS. The van der Waals surface area contributed by atoms with Crippen LogP contribution in [0.2, 0.25) is 0 Å². The zero-order chi connectivity index (χ0) is 20.2. The molecule has 1 heterocycles. The molecule has 2 N–H and O–H groups in total. The second-order valence-corrected chi connectivity index (χ2v) is 7.61. The van der Waals surface area contributed by atoms with E-state index in [-0.39, 0.29) is 18.5 Å². The molecule has 0 saturated heterocycles. The first-order valence-electron chi connectivity index (χ1n) is 9.65. The minimum atomic E-state index is -0.152. The van der Waals surface area contributed by atoms with Gasteiger partial charge in [0.1, 0.15) is 6.54 Å². The van der Waals surface area contributed by atoms with E-state index < -0.39 is 0 Å². The number of hydrogen-bond acceptors (Lipinski definition) is 2. The van der Waals surface area contributed by atoms with E-state index in [4.69, 9.17) is 12.2 Å². The number of aryl methyl sites for hydroxylation is 1. The number of rotatable bonds is 3. The summed E-state index contributed by atoms with van der Waals surface area (Å²) in [5, 5.41) is 6.94. The van der Waals surface area contributed by atoms with Crippen molar-refractivity contribution < 1.29 is 4.79 Å². The van der Waals surface area contributed by atoms with Gasteiger partial charge in [0.2, 0.25) is 5.91 Å². The first-order chi connectivity index (χ1) is 14.1.